The van der Waals surface area contributed by atoms with Crippen LogP contribution in [-0.4, -0.2) is 25.0 Å². The topological polar surface area (TPSA) is 96.0 Å². The van der Waals surface area contributed by atoms with Crippen molar-refractivity contribution in [2.75, 3.05) is 0 Å². The SMILES string of the molecule is CCC1CCC(NS(=O)(=O)C2CC2)(C(=N)N)CC1. The highest BCUT2D eigenvalue weighted by molar-refractivity contribution is 7.90. The quantitative estimate of drug-likeness (QED) is 0.521. The number of sulfonamides is 1. The fourth-order valence-corrected chi connectivity index (χ4v) is 4.52. The lowest BCUT2D eigenvalue weighted by Gasteiger charge is -2.39. The first-order chi connectivity index (χ1) is 8.39. The summed E-state index contributed by atoms with van der Waals surface area (Å²) in [5, 5.41) is 7.50. The molecule has 2 fully saturated rings. The van der Waals surface area contributed by atoms with Crippen LogP contribution in [0.25, 0.3) is 0 Å². The Bertz CT molecular complexity index is 421. The number of nitrogens with one attached hydrogen (secondary N) is 2. The normalized spacial score (nSPS) is 33.3. The zero-order chi connectivity index (χ0) is 13.4. The Balaban J connectivity index is 2.11. The minimum absolute atomic E-state index is 0.0266. The van der Waals surface area contributed by atoms with E-state index in [1.54, 1.807) is 0 Å². The van der Waals surface area contributed by atoms with Gasteiger partial charge in [0.1, 0.15) is 5.84 Å². The lowest BCUT2D eigenvalue weighted by Crippen LogP contribution is -2.59. The van der Waals surface area contributed by atoms with Crippen molar-refractivity contribution in [1.29, 1.82) is 5.41 Å². The maximum atomic E-state index is 12.1. The summed E-state index contributed by atoms with van der Waals surface area (Å²) in [5.74, 6) is 0.615. The minimum atomic E-state index is -3.29. The molecule has 2 aliphatic rings. The monoisotopic (exact) mass is 273 g/mol. The highest BCUT2D eigenvalue weighted by atomic mass is 32.2. The van der Waals surface area contributed by atoms with Crippen LogP contribution in [0.2, 0.25) is 0 Å². The van der Waals surface area contributed by atoms with E-state index in [0.717, 1.165) is 32.1 Å². The molecule has 2 aliphatic carbocycles. The van der Waals surface area contributed by atoms with E-state index in [4.69, 9.17) is 11.1 Å². The van der Waals surface area contributed by atoms with Crippen molar-refractivity contribution < 1.29 is 8.42 Å². The summed E-state index contributed by atoms with van der Waals surface area (Å²) in [7, 11) is -3.29. The van der Waals surface area contributed by atoms with E-state index < -0.39 is 15.6 Å². The third-order valence-electron chi connectivity index (χ3n) is 4.35. The number of hydrogen-bond acceptors (Lipinski definition) is 3. The molecule has 0 heterocycles. The van der Waals surface area contributed by atoms with Gasteiger partial charge in [0.05, 0.1) is 10.8 Å². The van der Waals surface area contributed by atoms with Crippen LogP contribution in [0.5, 0.6) is 0 Å². The Morgan fingerprint density at radius 1 is 1.33 bits per heavy atom. The molecule has 5 nitrogen and oxygen atoms in total. The lowest BCUT2D eigenvalue weighted by molar-refractivity contribution is 0.266. The Morgan fingerprint density at radius 2 is 1.89 bits per heavy atom. The molecule has 2 rings (SSSR count). The van der Waals surface area contributed by atoms with E-state index >= 15 is 0 Å². The first-order valence-electron chi connectivity index (χ1n) is 6.77. The fourth-order valence-electron chi connectivity index (χ4n) is 2.74. The van der Waals surface area contributed by atoms with E-state index in [2.05, 4.69) is 11.6 Å². The summed E-state index contributed by atoms with van der Waals surface area (Å²) >= 11 is 0. The van der Waals surface area contributed by atoms with Crippen molar-refractivity contribution in [2.24, 2.45) is 11.7 Å². The van der Waals surface area contributed by atoms with Gasteiger partial charge in [0, 0.05) is 0 Å². The van der Waals surface area contributed by atoms with Gasteiger partial charge in [-0.1, -0.05) is 13.3 Å². The summed E-state index contributed by atoms with van der Waals surface area (Å²) in [6, 6.07) is 0. The molecule has 0 amide bonds. The molecular formula is C12H23N3O2S. The number of amidine groups is 1. The number of rotatable bonds is 5. The predicted molar refractivity (Wildman–Crippen MR) is 72.0 cm³/mol. The Labute approximate surface area is 109 Å². The van der Waals surface area contributed by atoms with Gasteiger partial charge < -0.3 is 5.73 Å². The molecule has 0 aromatic rings. The van der Waals surface area contributed by atoms with Crippen LogP contribution in [0.3, 0.4) is 0 Å². The van der Waals surface area contributed by atoms with Gasteiger partial charge in [-0.3, -0.25) is 5.41 Å². The molecule has 2 saturated carbocycles. The van der Waals surface area contributed by atoms with Gasteiger partial charge in [0.25, 0.3) is 0 Å². The molecule has 18 heavy (non-hydrogen) atoms. The summed E-state index contributed by atoms with van der Waals surface area (Å²) in [4.78, 5) is 0. The van der Waals surface area contributed by atoms with Gasteiger partial charge in [-0.2, -0.15) is 0 Å². The molecule has 0 aromatic heterocycles. The third-order valence-corrected chi connectivity index (χ3v) is 6.38. The molecule has 6 heteroatoms. The molecule has 0 aliphatic heterocycles. The highest BCUT2D eigenvalue weighted by Crippen LogP contribution is 2.36. The Hall–Kier alpha value is -0.620. The van der Waals surface area contributed by atoms with Crippen molar-refractivity contribution in [3.05, 3.63) is 0 Å². The zero-order valence-corrected chi connectivity index (χ0v) is 11.7. The van der Waals surface area contributed by atoms with E-state index in [0.29, 0.717) is 18.8 Å². The van der Waals surface area contributed by atoms with Crippen LogP contribution < -0.4 is 10.5 Å². The second-order valence-corrected chi connectivity index (χ2v) is 7.65. The average molecular weight is 273 g/mol. The van der Waals surface area contributed by atoms with Crippen molar-refractivity contribution in [2.45, 2.75) is 62.7 Å². The molecule has 0 radical (unpaired) electrons. The van der Waals surface area contributed by atoms with Crippen LogP contribution in [-0.2, 0) is 10.0 Å². The first kappa shape index (κ1) is 13.8. The molecule has 0 saturated heterocycles. The molecular weight excluding hydrogens is 250 g/mol. The van der Waals surface area contributed by atoms with Crippen LogP contribution in [0.1, 0.15) is 51.9 Å². The minimum Gasteiger partial charge on any atom is -0.386 e. The van der Waals surface area contributed by atoms with Crippen LogP contribution in [0.4, 0.5) is 0 Å². The average Bonchev–Trinajstić information content (AvgIpc) is 3.13. The van der Waals surface area contributed by atoms with Gasteiger partial charge in [0.15, 0.2) is 0 Å². The molecule has 0 unspecified atom stereocenters. The second-order valence-electron chi connectivity index (χ2n) is 5.69. The van der Waals surface area contributed by atoms with E-state index in [9.17, 15) is 8.42 Å². The largest absolute Gasteiger partial charge is 0.386 e. The van der Waals surface area contributed by atoms with Gasteiger partial charge in [-0.15, -0.1) is 0 Å². The zero-order valence-electron chi connectivity index (χ0n) is 10.9. The van der Waals surface area contributed by atoms with Crippen molar-refractivity contribution >= 4 is 15.9 Å². The van der Waals surface area contributed by atoms with Gasteiger partial charge in [-0.05, 0) is 44.4 Å². The van der Waals surface area contributed by atoms with Crippen molar-refractivity contribution in [3.8, 4) is 0 Å². The molecule has 0 atom stereocenters. The van der Waals surface area contributed by atoms with Gasteiger partial charge in [-0.25, -0.2) is 13.1 Å². The molecule has 0 bridgehead atoms. The van der Waals surface area contributed by atoms with Crippen molar-refractivity contribution in [3.63, 3.8) is 0 Å². The van der Waals surface area contributed by atoms with E-state index in [1.807, 2.05) is 0 Å². The second kappa shape index (κ2) is 4.81. The molecule has 4 N–H and O–H groups in total. The summed E-state index contributed by atoms with van der Waals surface area (Å²) in [6.07, 6.45) is 5.80. The number of nitrogens with two attached hydrogens (primary N) is 1. The molecule has 104 valence electrons. The maximum Gasteiger partial charge on any atom is 0.215 e. The van der Waals surface area contributed by atoms with E-state index in [-0.39, 0.29) is 11.1 Å². The van der Waals surface area contributed by atoms with Gasteiger partial charge >= 0.3 is 0 Å². The van der Waals surface area contributed by atoms with Crippen LogP contribution >= 0.6 is 0 Å². The Morgan fingerprint density at radius 3 is 2.28 bits per heavy atom. The lowest BCUT2D eigenvalue weighted by atomic mass is 9.75. The van der Waals surface area contributed by atoms with Gasteiger partial charge in [0.2, 0.25) is 10.0 Å². The summed E-state index contributed by atoms with van der Waals surface area (Å²) < 4.78 is 26.9. The molecule has 0 spiro atoms. The van der Waals surface area contributed by atoms with Crippen LogP contribution in [0.15, 0.2) is 0 Å². The summed E-state index contributed by atoms with van der Waals surface area (Å²) in [5.41, 5.74) is 4.86. The fraction of sp³-hybridized carbons (Fsp3) is 0.917. The highest BCUT2D eigenvalue weighted by Gasteiger charge is 2.45. The van der Waals surface area contributed by atoms with E-state index in [1.165, 1.54) is 0 Å². The first-order valence-corrected chi connectivity index (χ1v) is 8.31. The third kappa shape index (κ3) is 2.69. The Kier molecular flexibility index (Phi) is 3.69. The number of hydrogen-bond donors (Lipinski definition) is 3. The molecule has 0 aromatic carbocycles. The predicted octanol–water partition coefficient (Wildman–Crippen LogP) is 1.34. The van der Waals surface area contributed by atoms with Crippen molar-refractivity contribution in [1.82, 2.24) is 4.72 Å². The maximum absolute atomic E-state index is 12.1. The standard InChI is InChI=1S/C12H23N3O2S/c1-2-9-5-7-12(8-6-9,11(13)14)15-18(16,17)10-3-4-10/h9-10,15H,2-8H2,1H3,(H3,13,14). The smallest absolute Gasteiger partial charge is 0.215 e. The van der Waals surface area contributed by atoms with Crippen LogP contribution in [0, 0.1) is 11.3 Å². The summed E-state index contributed by atoms with van der Waals surface area (Å²) in [6.45, 7) is 2.15.